The van der Waals surface area contributed by atoms with Crippen LogP contribution >= 0.6 is 0 Å². The van der Waals surface area contributed by atoms with Crippen molar-refractivity contribution < 1.29 is 88.6 Å². The molecule has 0 saturated heterocycles. The smallest absolute Gasteiger partial charge is 0 e. The first-order valence-electron chi connectivity index (χ1n) is 0. The van der Waals surface area contributed by atoms with Crippen LogP contribution in [0.25, 0.3) is 0 Å². The standard InChI is InChI=1S/2Ni.3V. The third-order valence-electron chi connectivity index (χ3n) is 0. The molecule has 0 rings (SSSR count). The predicted octanol–water partition coefficient (Wildman–Crippen LogP) is -0.0125. The van der Waals surface area contributed by atoms with Crippen molar-refractivity contribution in [2.24, 2.45) is 0 Å². The molecule has 0 aliphatic rings. The van der Waals surface area contributed by atoms with Crippen LogP contribution in [-0.4, -0.2) is 0 Å². The van der Waals surface area contributed by atoms with Gasteiger partial charge in [0.05, 0.1) is 0 Å². The Bertz CT molecular complexity index is 4.85. The maximum absolute atomic E-state index is 0. The van der Waals surface area contributed by atoms with Crippen LogP contribution in [0.15, 0.2) is 0 Å². The topological polar surface area (TPSA) is 0 Å². The molecule has 0 amide bonds. The van der Waals surface area contributed by atoms with Crippen LogP contribution in [0.5, 0.6) is 0 Å². The Morgan fingerprint density at radius 3 is 0.400 bits per heavy atom. The van der Waals surface area contributed by atoms with Crippen molar-refractivity contribution in [1.29, 1.82) is 0 Å². The molecule has 3 radical (unpaired) electrons. The van der Waals surface area contributed by atoms with Crippen LogP contribution in [0.4, 0.5) is 0 Å². The zero-order valence-electron chi connectivity index (χ0n) is 1.97. The quantitative estimate of drug-likeness (QED) is 0.543. The fraction of sp³-hybridized carbons (Fsp3) is 0. The Kier molecular flexibility index (Phi) is 277. The Hall–Kier alpha value is 2.74. The molecule has 0 aromatic heterocycles. The van der Waals surface area contributed by atoms with E-state index in [1.54, 1.807) is 0 Å². The fourth-order valence-electron chi connectivity index (χ4n) is 0. The molecule has 5 heteroatoms. The first-order valence-corrected chi connectivity index (χ1v) is 0. The summed E-state index contributed by atoms with van der Waals surface area (Å²) in [5.41, 5.74) is 0. The summed E-state index contributed by atoms with van der Waals surface area (Å²) in [6.45, 7) is 0. The second-order valence-electron chi connectivity index (χ2n) is 0. The van der Waals surface area contributed by atoms with E-state index in [-0.39, 0.29) is 88.6 Å². The minimum atomic E-state index is 0. The molecular weight excluding hydrogens is 270 g/mol. The fourth-order valence-corrected chi connectivity index (χ4v) is 0. The molecule has 0 spiro atoms. The minimum absolute atomic E-state index is 0. The van der Waals surface area contributed by atoms with E-state index >= 15 is 0 Å². The van der Waals surface area contributed by atoms with E-state index in [1.807, 2.05) is 0 Å². The van der Waals surface area contributed by atoms with Gasteiger partial charge in [-0.2, -0.15) is 0 Å². The molecule has 0 atom stereocenters. The van der Waals surface area contributed by atoms with E-state index in [9.17, 15) is 0 Å². The van der Waals surface area contributed by atoms with Gasteiger partial charge < -0.3 is 0 Å². The zero-order valence-corrected chi connectivity index (χ0v) is 8.14. The molecule has 0 saturated carbocycles. The predicted molar refractivity (Wildman–Crippen MR) is 0 cm³/mol. The van der Waals surface area contributed by atoms with E-state index in [4.69, 9.17) is 0 Å². The summed E-state index contributed by atoms with van der Waals surface area (Å²) >= 11 is 0. The van der Waals surface area contributed by atoms with Crippen molar-refractivity contribution in [2.75, 3.05) is 0 Å². The number of rotatable bonds is 0. The van der Waals surface area contributed by atoms with Crippen LogP contribution in [0.3, 0.4) is 0 Å². The molecule has 0 aromatic rings. The van der Waals surface area contributed by atoms with E-state index < -0.39 is 0 Å². The van der Waals surface area contributed by atoms with Crippen LogP contribution in [0.2, 0.25) is 0 Å². The molecule has 0 heterocycles. The maximum atomic E-state index is 0. The molecule has 0 nitrogen and oxygen atoms in total. The molecule has 35 valence electrons. The van der Waals surface area contributed by atoms with Gasteiger partial charge in [0.2, 0.25) is 0 Å². The average Bonchev–Trinajstić information content (AvgIpc) is 0. The second-order valence-corrected chi connectivity index (χ2v) is 0. The summed E-state index contributed by atoms with van der Waals surface area (Å²) in [4.78, 5) is 0. The Morgan fingerprint density at radius 2 is 0.400 bits per heavy atom. The SMILES string of the molecule is [Ni].[Ni].[V].[V].[V]. The summed E-state index contributed by atoms with van der Waals surface area (Å²) in [6, 6.07) is 0. The van der Waals surface area contributed by atoms with Gasteiger partial charge in [0.15, 0.2) is 0 Å². The van der Waals surface area contributed by atoms with E-state index in [0.717, 1.165) is 0 Å². The summed E-state index contributed by atoms with van der Waals surface area (Å²) < 4.78 is 0. The van der Waals surface area contributed by atoms with Crippen molar-refractivity contribution >= 4 is 0 Å². The Labute approximate surface area is 87.5 Å². The minimum Gasteiger partial charge on any atom is 0 e. The van der Waals surface area contributed by atoms with Gasteiger partial charge in [-0.15, -0.1) is 0 Å². The van der Waals surface area contributed by atoms with Gasteiger partial charge in [-0.05, 0) is 0 Å². The van der Waals surface area contributed by atoms with Crippen LogP contribution in [0, 0.1) is 0 Å². The Morgan fingerprint density at radius 1 is 0.400 bits per heavy atom. The second kappa shape index (κ2) is 29.6. The number of hydrogen-bond acceptors (Lipinski definition) is 0. The average molecular weight is 270 g/mol. The number of hydrogen-bond donors (Lipinski definition) is 0. The normalized spacial score (nSPS) is 0. The molecule has 0 aliphatic carbocycles. The summed E-state index contributed by atoms with van der Waals surface area (Å²) in [7, 11) is 0. The first-order chi connectivity index (χ1) is 0. The Balaban J connectivity index is 0. The van der Waals surface area contributed by atoms with Gasteiger partial charge in [-0.25, -0.2) is 0 Å². The van der Waals surface area contributed by atoms with Gasteiger partial charge >= 0.3 is 0 Å². The van der Waals surface area contributed by atoms with Gasteiger partial charge in [0.1, 0.15) is 0 Å². The van der Waals surface area contributed by atoms with E-state index in [2.05, 4.69) is 0 Å². The summed E-state index contributed by atoms with van der Waals surface area (Å²) in [6.07, 6.45) is 0. The third-order valence-corrected chi connectivity index (χ3v) is 0. The van der Waals surface area contributed by atoms with Gasteiger partial charge in [0.25, 0.3) is 0 Å². The maximum Gasteiger partial charge on any atom is 0 e. The molecular formula is Ni2V3. The van der Waals surface area contributed by atoms with Crippen molar-refractivity contribution in [2.45, 2.75) is 0 Å². The van der Waals surface area contributed by atoms with Gasteiger partial charge in [0, 0.05) is 88.6 Å². The van der Waals surface area contributed by atoms with Crippen molar-refractivity contribution in [3.05, 3.63) is 0 Å². The third kappa shape index (κ3) is 20.2. The van der Waals surface area contributed by atoms with E-state index in [0.29, 0.717) is 0 Å². The van der Waals surface area contributed by atoms with E-state index in [1.165, 1.54) is 0 Å². The van der Waals surface area contributed by atoms with Crippen molar-refractivity contribution in [3.8, 4) is 0 Å². The first kappa shape index (κ1) is 46.8. The van der Waals surface area contributed by atoms with Gasteiger partial charge in [-0.3, -0.25) is 0 Å². The van der Waals surface area contributed by atoms with Crippen LogP contribution in [0.1, 0.15) is 0 Å². The van der Waals surface area contributed by atoms with Crippen molar-refractivity contribution in [3.63, 3.8) is 0 Å². The molecule has 5 heavy (non-hydrogen) atoms. The van der Waals surface area contributed by atoms with Crippen LogP contribution in [-0.2, 0) is 88.6 Å². The molecule has 0 N–H and O–H groups in total. The molecule has 0 aliphatic heterocycles. The molecule has 0 fully saturated rings. The van der Waals surface area contributed by atoms with Crippen LogP contribution < -0.4 is 0 Å². The molecule has 0 unspecified atom stereocenters. The summed E-state index contributed by atoms with van der Waals surface area (Å²) in [5, 5.41) is 0. The zero-order chi connectivity index (χ0) is 0. The van der Waals surface area contributed by atoms with Crippen molar-refractivity contribution in [1.82, 2.24) is 0 Å². The largest absolute Gasteiger partial charge is 0 e. The summed E-state index contributed by atoms with van der Waals surface area (Å²) in [5.74, 6) is 0. The molecule has 0 aromatic carbocycles. The monoisotopic (exact) mass is 269 g/mol. The van der Waals surface area contributed by atoms with Gasteiger partial charge in [-0.1, -0.05) is 0 Å². The molecule has 0 bridgehead atoms.